The Hall–Kier alpha value is -2.54. The summed E-state index contributed by atoms with van der Waals surface area (Å²) in [6.45, 7) is 0.707. The van der Waals surface area contributed by atoms with Gasteiger partial charge in [0, 0.05) is 6.54 Å². The lowest BCUT2D eigenvalue weighted by molar-refractivity contribution is -0.138. The lowest BCUT2D eigenvalue weighted by Crippen LogP contribution is -2.40. The summed E-state index contributed by atoms with van der Waals surface area (Å²) in [4.78, 5) is 24.9. The van der Waals surface area contributed by atoms with Crippen LogP contribution in [0.15, 0.2) is 36.0 Å². The van der Waals surface area contributed by atoms with E-state index in [2.05, 4.69) is 4.74 Å². The van der Waals surface area contributed by atoms with Gasteiger partial charge in [0.1, 0.15) is 11.4 Å². The van der Waals surface area contributed by atoms with E-state index in [1.165, 1.54) is 19.1 Å². The molecule has 0 aromatic heterocycles. The molecule has 0 spiro atoms. The maximum Gasteiger partial charge on any atom is 0.414 e. The number of methoxy groups -OCH3 is 3. The first-order valence-electron chi connectivity index (χ1n) is 7.49. The van der Waals surface area contributed by atoms with Crippen molar-refractivity contribution in [1.82, 2.24) is 4.90 Å². The SMILES string of the molecule is COC(=O)C1=C[C@H](OCc2ccc(OC)cc2)CCN1C(=O)OC. The van der Waals surface area contributed by atoms with Crippen molar-refractivity contribution >= 4 is 12.1 Å². The lowest BCUT2D eigenvalue weighted by Gasteiger charge is -2.29. The molecule has 0 bridgehead atoms. The Bertz CT molecular complexity index is 610. The second kappa shape index (κ2) is 8.35. The molecular formula is C17H21NO6. The molecule has 1 atom stereocenters. The molecular weight excluding hydrogens is 314 g/mol. The van der Waals surface area contributed by atoms with Gasteiger partial charge in [-0.2, -0.15) is 0 Å². The van der Waals surface area contributed by atoms with Crippen molar-refractivity contribution in [2.45, 2.75) is 19.1 Å². The Morgan fingerprint density at radius 1 is 1.12 bits per heavy atom. The van der Waals surface area contributed by atoms with Gasteiger partial charge >= 0.3 is 12.1 Å². The third-order valence-electron chi connectivity index (χ3n) is 3.68. The largest absolute Gasteiger partial charge is 0.497 e. The lowest BCUT2D eigenvalue weighted by atomic mass is 10.1. The number of hydrogen-bond acceptors (Lipinski definition) is 6. The number of rotatable bonds is 5. The molecule has 130 valence electrons. The van der Waals surface area contributed by atoms with Crippen LogP contribution in [0.1, 0.15) is 12.0 Å². The first-order valence-corrected chi connectivity index (χ1v) is 7.49. The van der Waals surface area contributed by atoms with Crippen LogP contribution in [0.5, 0.6) is 5.75 Å². The van der Waals surface area contributed by atoms with E-state index in [1.807, 2.05) is 24.3 Å². The van der Waals surface area contributed by atoms with E-state index in [0.717, 1.165) is 11.3 Å². The monoisotopic (exact) mass is 335 g/mol. The molecule has 1 aliphatic heterocycles. The smallest absolute Gasteiger partial charge is 0.414 e. The molecule has 0 aliphatic carbocycles. The highest BCUT2D eigenvalue weighted by Crippen LogP contribution is 2.21. The molecule has 0 fully saturated rings. The molecule has 2 rings (SSSR count). The van der Waals surface area contributed by atoms with Crippen LogP contribution in [-0.4, -0.2) is 50.9 Å². The van der Waals surface area contributed by atoms with Crippen LogP contribution in [-0.2, 0) is 25.6 Å². The fourth-order valence-electron chi connectivity index (χ4n) is 2.37. The number of esters is 1. The van der Waals surface area contributed by atoms with Crippen molar-refractivity contribution in [3.63, 3.8) is 0 Å². The Labute approximate surface area is 140 Å². The van der Waals surface area contributed by atoms with Gasteiger partial charge in [0.25, 0.3) is 0 Å². The minimum absolute atomic E-state index is 0.135. The molecule has 0 radical (unpaired) electrons. The fraction of sp³-hybridized carbons (Fsp3) is 0.412. The van der Waals surface area contributed by atoms with Crippen LogP contribution in [0.25, 0.3) is 0 Å². The zero-order valence-corrected chi connectivity index (χ0v) is 14.0. The molecule has 0 unspecified atom stereocenters. The highest BCUT2D eigenvalue weighted by atomic mass is 16.5. The average molecular weight is 335 g/mol. The van der Waals surface area contributed by atoms with Crippen molar-refractivity contribution < 1.29 is 28.5 Å². The third-order valence-corrected chi connectivity index (χ3v) is 3.68. The second-order valence-electron chi connectivity index (χ2n) is 5.15. The Kier molecular flexibility index (Phi) is 6.20. The molecule has 1 aromatic carbocycles. The quantitative estimate of drug-likeness (QED) is 0.767. The number of benzene rings is 1. The molecule has 24 heavy (non-hydrogen) atoms. The summed E-state index contributed by atoms with van der Waals surface area (Å²) in [5, 5.41) is 0. The maximum atomic E-state index is 11.9. The Balaban J connectivity index is 2.04. The molecule has 7 nitrogen and oxygen atoms in total. The highest BCUT2D eigenvalue weighted by Gasteiger charge is 2.30. The van der Waals surface area contributed by atoms with Crippen LogP contribution in [0.2, 0.25) is 0 Å². The number of ether oxygens (including phenoxy) is 4. The normalized spacial score (nSPS) is 17.0. The molecule has 1 aromatic rings. The standard InChI is InChI=1S/C17H21NO6/c1-21-13-6-4-12(5-7-13)11-24-14-8-9-18(17(20)23-3)15(10-14)16(19)22-2/h4-7,10,14H,8-9,11H2,1-3H3/t14-/m1/s1. The number of carbonyl (C=O) groups excluding carboxylic acids is 2. The van der Waals surface area contributed by atoms with E-state index in [1.54, 1.807) is 13.2 Å². The summed E-state index contributed by atoms with van der Waals surface area (Å²) in [7, 11) is 4.14. The summed E-state index contributed by atoms with van der Waals surface area (Å²) >= 11 is 0. The van der Waals surface area contributed by atoms with E-state index in [-0.39, 0.29) is 11.8 Å². The van der Waals surface area contributed by atoms with Gasteiger partial charge in [-0.25, -0.2) is 9.59 Å². The minimum atomic E-state index is -0.599. The Morgan fingerprint density at radius 3 is 2.42 bits per heavy atom. The third kappa shape index (κ3) is 4.26. The molecule has 7 heteroatoms. The van der Waals surface area contributed by atoms with E-state index in [0.29, 0.717) is 19.6 Å². The Morgan fingerprint density at radius 2 is 1.83 bits per heavy atom. The van der Waals surface area contributed by atoms with Gasteiger partial charge in [-0.15, -0.1) is 0 Å². The summed E-state index contributed by atoms with van der Waals surface area (Å²) < 4.78 is 20.3. The number of carbonyl (C=O) groups is 2. The van der Waals surface area contributed by atoms with Gasteiger partial charge < -0.3 is 18.9 Å². The van der Waals surface area contributed by atoms with Gasteiger partial charge in [0.15, 0.2) is 0 Å². The van der Waals surface area contributed by atoms with Crippen molar-refractivity contribution in [3.8, 4) is 5.75 Å². The van der Waals surface area contributed by atoms with Gasteiger partial charge in [0.05, 0.1) is 34.0 Å². The summed E-state index contributed by atoms with van der Waals surface area (Å²) in [5.74, 6) is 0.177. The van der Waals surface area contributed by atoms with E-state index in [9.17, 15) is 9.59 Å². The number of hydrogen-bond donors (Lipinski definition) is 0. The van der Waals surface area contributed by atoms with Crippen molar-refractivity contribution in [2.24, 2.45) is 0 Å². The summed E-state index contributed by atoms with van der Waals surface area (Å²) in [6, 6.07) is 7.53. The zero-order chi connectivity index (χ0) is 17.5. The number of nitrogens with zero attached hydrogens (tertiary/aromatic N) is 1. The van der Waals surface area contributed by atoms with Gasteiger partial charge in [-0.3, -0.25) is 4.90 Å². The van der Waals surface area contributed by atoms with Crippen LogP contribution >= 0.6 is 0 Å². The van der Waals surface area contributed by atoms with Crippen LogP contribution in [0.3, 0.4) is 0 Å². The maximum absolute atomic E-state index is 11.9. The number of amides is 1. The van der Waals surface area contributed by atoms with E-state index < -0.39 is 12.1 Å². The van der Waals surface area contributed by atoms with E-state index >= 15 is 0 Å². The zero-order valence-electron chi connectivity index (χ0n) is 14.0. The minimum Gasteiger partial charge on any atom is -0.497 e. The van der Waals surface area contributed by atoms with Crippen LogP contribution in [0.4, 0.5) is 4.79 Å². The van der Waals surface area contributed by atoms with E-state index in [4.69, 9.17) is 14.2 Å². The summed E-state index contributed by atoms with van der Waals surface area (Å²) in [5.41, 5.74) is 1.12. The van der Waals surface area contributed by atoms with Crippen molar-refractivity contribution in [1.29, 1.82) is 0 Å². The highest BCUT2D eigenvalue weighted by molar-refractivity contribution is 5.92. The summed E-state index contributed by atoms with van der Waals surface area (Å²) in [6.07, 6.45) is 1.27. The molecule has 1 amide bonds. The molecule has 0 saturated carbocycles. The van der Waals surface area contributed by atoms with Crippen molar-refractivity contribution in [2.75, 3.05) is 27.9 Å². The first kappa shape index (κ1) is 17.8. The van der Waals surface area contributed by atoms with Gasteiger partial charge in [-0.05, 0) is 30.2 Å². The molecule has 1 heterocycles. The second-order valence-corrected chi connectivity index (χ2v) is 5.15. The molecule has 0 N–H and O–H groups in total. The van der Waals surface area contributed by atoms with Crippen LogP contribution < -0.4 is 4.74 Å². The van der Waals surface area contributed by atoms with Crippen LogP contribution in [0, 0.1) is 0 Å². The first-order chi connectivity index (χ1) is 11.6. The van der Waals surface area contributed by atoms with Gasteiger partial charge in [0.2, 0.25) is 0 Å². The molecule has 0 saturated heterocycles. The van der Waals surface area contributed by atoms with Crippen molar-refractivity contribution in [3.05, 3.63) is 41.6 Å². The fourth-order valence-corrected chi connectivity index (χ4v) is 2.37. The molecule has 1 aliphatic rings. The predicted octanol–water partition coefficient (Wildman–Crippen LogP) is 2.11. The average Bonchev–Trinajstić information content (AvgIpc) is 2.65. The topological polar surface area (TPSA) is 74.3 Å². The predicted molar refractivity (Wildman–Crippen MR) is 85.4 cm³/mol. The van der Waals surface area contributed by atoms with Gasteiger partial charge in [-0.1, -0.05) is 12.1 Å².